The molecule has 1 aliphatic rings. The van der Waals surface area contributed by atoms with E-state index in [0.29, 0.717) is 19.5 Å². The number of aromatic nitrogens is 4. The number of methoxy groups -OCH3 is 1. The van der Waals surface area contributed by atoms with Crippen molar-refractivity contribution in [1.29, 1.82) is 0 Å². The van der Waals surface area contributed by atoms with Crippen LogP contribution in [0.25, 0.3) is 0 Å². The minimum atomic E-state index is -0.944. The Balaban J connectivity index is 1.70. The molecule has 0 spiro atoms. The summed E-state index contributed by atoms with van der Waals surface area (Å²) in [6.45, 7) is 3.12. The van der Waals surface area contributed by atoms with Crippen LogP contribution < -0.4 is 10.6 Å². The van der Waals surface area contributed by atoms with Gasteiger partial charge >= 0.3 is 0 Å². The van der Waals surface area contributed by atoms with Gasteiger partial charge in [-0.25, -0.2) is 4.68 Å². The van der Waals surface area contributed by atoms with Gasteiger partial charge in [-0.2, -0.15) is 0 Å². The summed E-state index contributed by atoms with van der Waals surface area (Å²) in [4.78, 5) is -0.944. The van der Waals surface area contributed by atoms with Crippen LogP contribution in [0.15, 0.2) is 60.7 Å². The normalized spacial score (nSPS) is 27.1. The van der Waals surface area contributed by atoms with Crippen molar-refractivity contribution in [3.8, 4) is 0 Å². The lowest BCUT2D eigenvalue weighted by Crippen LogP contribution is -2.69. The van der Waals surface area contributed by atoms with Gasteiger partial charge in [0.25, 0.3) is 0 Å². The van der Waals surface area contributed by atoms with E-state index >= 15 is 0 Å². The molecule has 1 aliphatic heterocycles. The van der Waals surface area contributed by atoms with E-state index < -0.39 is 10.7 Å². The molecular weight excluding hydrogens is 388 g/mol. The first-order valence-electron chi connectivity index (χ1n) is 9.66. The number of aryl methyl sites for hydroxylation is 1. The van der Waals surface area contributed by atoms with Crippen molar-refractivity contribution < 1.29 is 4.74 Å². The second kappa shape index (κ2) is 8.20. The Morgan fingerprint density at radius 1 is 1.17 bits per heavy atom. The van der Waals surface area contributed by atoms with Gasteiger partial charge in [-0.1, -0.05) is 72.3 Å². The Morgan fingerprint density at radius 3 is 2.48 bits per heavy atom. The van der Waals surface area contributed by atoms with Crippen LogP contribution >= 0.6 is 11.6 Å². The van der Waals surface area contributed by atoms with Crippen molar-refractivity contribution >= 4 is 11.6 Å². The highest BCUT2D eigenvalue weighted by molar-refractivity contribution is 6.24. The predicted octanol–water partition coefficient (Wildman–Crippen LogP) is 2.74. The summed E-state index contributed by atoms with van der Waals surface area (Å²) in [5.41, 5.74) is 1.19. The molecule has 1 unspecified atom stereocenters. The topological polar surface area (TPSA) is 76.9 Å². The molecule has 1 aromatic heterocycles. The molecule has 0 bridgehead atoms. The number of nitrogens with zero attached hydrogens (tertiary/aromatic N) is 4. The van der Waals surface area contributed by atoms with Gasteiger partial charge in [0.05, 0.1) is 6.04 Å². The van der Waals surface area contributed by atoms with Crippen LogP contribution in [-0.4, -0.2) is 38.9 Å². The number of piperidine rings is 1. The van der Waals surface area contributed by atoms with E-state index in [1.807, 2.05) is 60.1 Å². The zero-order valence-corrected chi connectivity index (χ0v) is 17.3. The first-order chi connectivity index (χ1) is 14.1. The van der Waals surface area contributed by atoms with E-state index in [-0.39, 0.29) is 6.04 Å². The first-order valence-corrected chi connectivity index (χ1v) is 10.0. The average molecular weight is 413 g/mol. The molecule has 3 atom stereocenters. The first kappa shape index (κ1) is 20.0. The van der Waals surface area contributed by atoms with Gasteiger partial charge in [-0.3, -0.25) is 10.6 Å². The van der Waals surface area contributed by atoms with Gasteiger partial charge in [0.1, 0.15) is 10.8 Å². The maximum atomic E-state index is 7.37. The van der Waals surface area contributed by atoms with Crippen molar-refractivity contribution in [3.05, 3.63) is 77.6 Å². The summed E-state index contributed by atoms with van der Waals surface area (Å²) in [5, 5.41) is 19.1. The average Bonchev–Trinajstić information content (AvgIpc) is 3.20. The highest BCUT2D eigenvalue weighted by Gasteiger charge is 2.56. The number of tetrazole rings is 1. The van der Waals surface area contributed by atoms with Gasteiger partial charge in [0, 0.05) is 32.2 Å². The number of benzene rings is 2. The molecular formula is C21H25ClN6O. The van der Waals surface area contributed by atoms with E-state index in [9.17, 15) is 0 Å². The summed E-state index contributed by atoms with van der Waals surface area (Å²) < 4.78 is 7.92. The maximum absolute atomic E-state index is 7.37. The molecule has 1 fully saturated rings. The third-order valence-corrected chi connectivity index (χ3v) is 6.12. The molecule has 2 heterocycles. The van der Waals surface area contributed by atoms with Crippen LogP contribution in [0.5, 0.6) is 0 Å². The fourth-order valence-corrected chi connectivity index (χ4v) is 4.58. The quantitative estimate of drug-likeness (QED) is 0.479. The van der Waals surface area contributed by atoms with Crippen molar-refractivity contribution in [2.75, 3.05) is 13.7 Å². The Labute approximate surface area is 175 Å². The zero-order valence-electron chi connectivity index (χ0n) is 16.5. The molecule has 2 aromatic carbocycles. The third-order valence-electron chi connectivity index (χ3n) is 5.57. The largest absolute Gasteiger partial charge is 0.356 e. The Hall–Kier alpha value is -2.32. The van der Waals surface area contributed by atoms with Gasteiger partial charge in [0.2, 0.25) is 0 Å². The number of hydrogen-bond acceptors (Lipinski definition) is 6. The zero-order chi connectivity index (χ0) is 20.3. The number of hydrogen-bond donors (Lipinski definition) is 2. The highest BCUT2D eigenvalue weighted by atomic mass is 35.5. The van der Waals surface area contributed by atoms with Crippen LogP contribution in [0.3, 0.4) is 0 Å². The lowest BCUT2D eigenvalue weighted by Gasteiger charge is -2.52. The predicted molar refractivity (Wildman–Crippen MR) is 111 cm³/mol. The van der Waals surface area contributed by atoms with Crippen LogP contribution in [-0.2, 0) is 17.0 Å². The molecule has 1 saturated heterocycles. The van der Waals surface area contributed by atoms with E-state index in [1.165, 1.54) is 0 Å². The van der Waals surface area contributed by atoms with Crippen LogP contribution in [0, 0.1) is 6.92 Å². The standard InChI is InChI=1S/C21H25ClN6O/c1-16-25-26-27-28(16)19-13-20(22,23-14-17-9-5-3-6-10-17)21(29-2,24-15-19)18-11-7-4-8-12-18/h3-12,19,23-24H,13-15H2,1-2H3/t19?,20-,21+/m1/s1. The van der Waals surface area contributed by atoms with Crippen molar-refractivity contribution in [1.82, 2.24) is 30.8 Å². The minimum absolute atomic E-state index is 0.0160. The molecule has 8 heteroatoms. The maximum Gasteiger partial charge on any atom is 0.177 e. The molecule has 0 radical (unpaired) electrons. The summed E-state index contributed by atoms with van der Waals surface area (Å²) in [5.74, 6) is 0.753. The molecule has 0 amide bonds. The number of nitrogens with one attached hydrogen (secondary N) is 2. The Bertz CT molecular complexity index is 937. The number of rotatable bonds is 6. The molecule has 152 valence electrons. The minimum Gasteiger partial charge on any atom is -0.356 e. The fraction of sp³-hybridized carbons (Fsp3) is 0.381. The lowest BCUT2D eigenvalue weighted by molar-refractivity contribution is -0.115. The summed E-state index contributed by atoms with van der Waals surface area (Å²) in [6.07, 6.45) is 0.572. The molecule has 29 heavy (non-hydrogen) atoms. The van der Waals surface area contributed by atoms with Crippen molar-refractivity contribution in [2.24, 2.45) is 0 Å². The Kier molecular flexibility index (Phi) is 5.65. The summed E-state index contributed by atoms with van der Waals surface area (Å²) >= 11 is 7.37. The van der Waals surface area contributed by atoms with E-state index in [1.54, 1.807) is 7.11 Å². The molecule has 7 nitrogen and oxygen atoms in total. The smallest absolute Gasteiger partial charge is 0.177 e. The van der Waals surface area contributed by atoms with Gasteiger partial charge in [-0.05, 0) is 22.9 Å². The van der Waals surface area contributed by atoms with E-state index in [4.69, 9.17) is 16.3 Å². The lowest BCUT2D eigenvalue weighted by atomic mass is 9.85. The monoisotopic (exact) mass is 412 g/mol. The van der Waals surface area contributed by atoms with Crippen LogP contribution in [0.4, 0.5) is 0 Å². The highest BCUT2D eigenvalue weighted by Crippen LogP contribution is 2.45. The summed E-state index contributed by atoms with van der Waals surface area (Å²) in [6, 6.07) is 20.2. The molecule has 0 aliphatic carbocycles. The fourth-order valence-electron chi connectivity index (χ4n) is 4.08. The number of ether oxygens (including phenoxy) is 1. The van der Waals surface area contributed by atoms with Crippen molar-refractivity contribution in [2.45, 2.75) is 36.7 Å². The van der Waals surface area contributed by atoms with Gasteiger partial charge in [0.15, 0.2) is 5.72 Å². The van der Waals surface area contributed by atoms with E-state index in [0.717, 1.165) is 17.0 Å². The van der Waals surface area contributed by atoms with Gasteiger partial charge < -0.3 is 4.74 Å². The molecule has 4 rings (SSSR count). The summed E-state index contributed by atoms with van der Waals surface area (Å²) in [7, 11) is 1.68. The second-order valence-electron chi connectivity index (χ2n) is 7.30. The third kappa shape index (κ3) is 3.67. The second-order valence-corrected chi connectivity index (χ2v) is 7.95. The number of halogens is 1. The van der Waals surface area contributed by atoms with E-state index in [2.05, 4.69) is 38.3 Å². The molecule has 3 aromatic rings. The van der Waals surface area contributed by atoms with Crippen molar-refractivity contribution in [3.63, 3.8) is 0 Å². The SMILES string of the molecule is CO[C@]1(c2ccccc2)NCC(n2nnnc2C)C[C@@]1(Cl)NCc1ccccc1. The van der Waals surface area contributed by atoms with Crippen LogP contribution in [0.2, 0.25) is 0 Å². The van der Waals surface area contributed by atoms with Gasteiger partial charge in [-0.15, -0.1) is 5.10 Å². The van der Waals surface area contributed by atoms with Crippen LogP contribution in [0.1, 0.15) is 29.4 Å². The Morgan fingerprint density at radius 2 is 1.86 bits per heavy atom. The molecule has 2 N–H and O–H groups in total. The number of alkyl halides is 1. The molecule has 0 saturated carbocycles.